The zero-order chi connectivity index (χ0) is 15.3. The van der Waals surface area contributed by atoms with Gasteiger partial charge in [0.05, 0.1) is 12.0 Å². The van der Waals surface area contributed by atoms with Gasteiger partial charge in [0.15, 0.2) is 17.5 Å². The summed E-state index contributed by atoms with van der Waals surface area (Å²) in [6, 6.07) is 1.51. The molecule has 0 bridgehead atoms. The van der Waals surface area contributed by atoms with Crippen molar-refractivity contribution in [1.82, 2.24) is 4.90 Å². The van der Waals surface area contributed by atoms with E-state index in [1.54, 1.807) is 6.92 Å². The number of carbonyl (C=O) groups excluding carboxylic acids is 1. The molecule has 1 amide bonds. The summed E-state index contributed by atoms with van der Waals surface area (Å²) >= 11 is 0. The zero-order valence-corrected chi connectivity index (χ0v) is 10.8. The maximum Gasteiger partial charge on any atom is 0.305 e. The van der Waals surface area contributed by atoms with Gasteiger partial charge in [-0.25, -0.2) is 13.2 Å². The van der Waals surface area contributed by atoms with Crippen molar-refractivity contribution in [1.29, 1.82) is 0 Å². The summed E-state index contributed by atoms with van der Waals surface area (Å²) in [7, 11) is 0. The molecule has 0 aliphatic carbocycles. The summed E-state index contributed by atoms with van der Waals surface area (Å²) in [5, 5.41) is 8.60. The molecule has 20 heavy (non-hydrogen) atoms. The van der Waals surface area contributed by atoms with Crippen LogP contribution in [-0.4, -0.2) is 35.0 Å². The lowest BCUT2D eigenvalue weighted by Crippen LogP contribution is -2.34. The van der Waals surface area contributed by atoms with Crippen molar-refractivity contribution < 1.29 is 27.9 Å². The molecule has 110 valence electrons. The second-order valence-electron chi connectivity index (χ2n) is 4.16. The van der Waals surface area contributed by atoms with Crippen LogP contribution in [0.15, 0.2) is 12.1 Å². The maximum atomic E-state index is 13.5. The van der Waals surface area contributed by atoms with Gasteiger partial charge in [0.2, 0.25) is 0 Å². The first-order chi connectivity index (χ1) is 9.38. The molecule has 0 heterocycles. The van der Waals surface area contributed by atoms with Crippen LogP contribution in [0.4, 0.5) is 13.2 Å². The molecule has 1 aromatic carbocycles. The lowest BCUT2D eigenvalue weighted by atomic mass is 10.1. The number of benzene rings is 1. The van der Waals surface area contributed by atoms with Crippen LogP contribution >= 0.6 is 0 Å². The number of hydrogen-bond acceptors (Lipinski definition) is 2. The fraction of sp³-hybridized carbons (Fsp3) is 0.385. The summed E-state index contributed by atoms with van der Waals surface area (Å²) in [6.07, 6.45) is 0.216. The van der Waals surface area contributed by atoms with Crippen LogP contribution in [0.25, 0.3) is 0 Å². The molecule has 4 nitrogen and oxygen atoms in total. The number of aliphatic carboxylic acids is 1. The molecule has 1 aromatic rings. The highest BCUT2D eigenvalue weighted by Crippen LogP contribution is 2.17. The number of rotatable bonds is 6. The average Bonchev–Trinajstić information content (AvgIpc) is 2.40. The largest absolute Gasteiger partial charge is 0.481 e. The van der Waals surface area contributed by atoms with Gasteiger partial charge in [-0.3, -0.25) is 9.59 Å². The average molecular weight is 289 g/mol. The Kier molecular flexibility index (Phi) is 5.54. The monoisotopic (exact) mass is 289 g/mol. The molecule has 0 aliphatic rings. The topological polar surface area (TPSA) is 57.6 Å². The molecule has 0 aromatic heterocycles. The van der Waals surface area contributed by atoms with E-state index in [-0.39, 0.29) is 19.5 Å². The fourth-order valence-corrected chi connectivity index (χ4v) is 1.68. The van der Waals surface area contributed by atoms with Crippen molar-refractivity contribution in [2.24, 2.45) is 0 Å². The molecule has 1 rings (SSSR count). The standard InChI is InChI=1S/C13H14F3NO3/c1-2-6-17(7-5-10(18)19)13(20)8-3-4-9(14)12(16)11(8)15/h3-4H,2,5-7H2,1H3,(H,18,19). The van der Waals surface area contributed by atoms with Crippen molar-refractivity contribution >= 4 is 11.9 Å². The number of nitrogens with zero attached hydrogens (tertiary/aromatic N) is 1. The number of carboxylic acids is 1. The molecule has 0 radical (unpaired) electrons. The predicted octanol–water partition coefficient (Wildman–Crippen LogP) is 2.43. The molecule has 0 saturated heterocycles. The van der Waals surface area contributed by atoms with Crippen molar-refractivity contribution in [3.63, 3.8) is 0 Å². The second kappa shape index (κ2) is 6.93. The van der Waals surface area contributed by atoms with Gasteiger partial charge in [0, 0.05) is 13.1 Å². The number of carbonyl (C=O) groups is 2. The first-order valence-corrected chi connectivity index (χ1v) is 6.03. The van der Waals surface area contributed by atoms with E-state index in [0.29, 0.717) is 12.5 Å². The zero-order valence-electron chi connectivity index (χ0n) is 10.8. The van der Waals surface area contributed by atoms with Gasteiger partial charge in [-0.1, -0.05) is 6.92 Å². The first kappa shape index (κ1) is 16.0. The van der Waals surface area contributed by atoms with Crippen LogP contribution in [0.2, 0.25) is 0 Å². The number of carboxylic acid groups (broad SMARTS) is 1. The van der Waals surface area contributed by atoms with E-state index in [1.165, 1.54) is 0 Å². The van der Waals surface area contributed by atoms with Crippen molar-refractivity contribution in [3.05, 3.63) is 35.1 Å². The van der Waals surface area contributed by atoms with Gasteiger partial charge in [0.25, 0.3) is 5.91 Å². The van der Waals surface area contributed by atoms with E-state index >= 15 is 0 Å². The Balaban J connectivity index is 3.00. The Labute approximate surface area is 113 Å². The fourth-order valence-electron chi connectivity index (χ4n) is 1.68. The maximum absolute atomic E-state index is 13.5. The van der Waals surface area contributed by atoms with Crippen LogP contribution in [0.3, 0.4) is 0 Å². The third-order valence-corrected chi connectivity index (χ3v) is 2.64. The first-order valence-electron chi connectivity index (χ1n) is 6.03. The van der Waals surface area contributed by atoms with Gasteiger partial charge in [-0.05, 0) is 18.6 Å². The number of hydrogen-bond donors (Lipinski definition) is 1. The van der Waals surface area contributed by atoms with E-state index in [1.807, 2.05) is 0 Å². The van der Waals surface area contributed by atoms with Gasteiger partial charge < -0.3 is 10.0 Å². The Morgan fingerprint density at radius 3 is 2.35 bits per heavy atom. The molecule has 7 heteroatoms. The molecule has 0 unspecified atom stereocenters. The number of amides is 1. The van der Waals surface area contributed by atoms with Crippen LogP contribution < -0.4 is 0 Å². The van der Waals surface area contributed by atoms with Crippen LogP contribution in [-0.2, 0) is 4.79 Å². The third-order valence-electron chi connectivity index (χ3n) is 2.64. The van der Waals surface area contributed by atoms with Crippen molar-refractivity contribution in [3.8, 4) is 0 Å². The SMILES string of the molecule is CCCN(CCC(=O)O)C(=O)c1ccc(F)c(F)c1F. The Bertz CT molecular complexity index is 520. The van der Waals surface area contributed by atoms with Crippen molar-refractivity contribution in [2.75, 3.05) is 13.1 Å². The summed E-state index contributed by atoms with van der Waals surface area (Å²) < 4.78 is 39.4. The molecule has 0 atom stereocenters. The van der Waals surface area contributed by atoms with E-state index in [2.05, 4.69) is 0 Å². The van der Waals surface area contributed by atoms with E-state index in [4.69, 9.17) is 5.11 Å². The molecular formula is C13H14F3NO3. The van der Waals surface area contributed by atoms with E-state index in [9.17, 15) is 22.8 Å². The normalized spacial score (nSPS) is 10.4. The van der Waals surface area contributed by atoms with Gasteiger partial charge in [-0.2, -0.15) is 0 Å². The minimum Gasteiger partial charge on any atom is -0.481 e. The molecule has 0 saturated carbocycles. The highest BCUT2D eigenvalue weighted by Gasteiger charge is 2.23. The van der Waals surface area contributed by atoms with Crippen LogP contribution in [0.1, 0.15) is 30.1 Å². The molecule has 0 fully saturated rings. The van der Waals surface area contributed by atoms with Crippen LogP contribution in [0.5, 0.6) is 0 Å². The quantitative estimate of drug-likeness (QED) is 0.818. The minimum absolute atomic E-state index is 0.125. The van der Waals surface area contributed by atoms with Crippen molar-refractivity contribution in [2.45, 2.75) is 19.8 Å². The Morgan fingerprint density at radius 1 is 1.15 bits per heavy atom. The molecular weight excluding hydrogens is 275 g/mol. The Hall–Kier alpha value is -2.05. The lowest BCUT2D eigenvalue weighted by molar-refractivity contribution is -0.137. The summed E-state index contributed by atoms with van der Waals surface area (Å²) in [4.78, 5) is 23.6. The minimum atomic E-state index is -1.72. The molecule has 0 spiro atoms. The third kappa shape index (κ3) is 3.72. The van der Waals surface area contributed by atoms with Gasteiger partial charge >= 0.3 is 5.97 Å². The van der Waals surface area contributed by atoms with E-state index in [0.717, 1.165) is 11.0 Å². The van der Waals surface area contributed by atoms with Crippen LogP contribution in [0, 0.1) is 17.5 Å². The highest BCUT2D eigenvalue weighted by molar-refractivity contribution is 5.94. The number of halogens is 3. The molecule has 1 N–H and O–H groups in total. The summed E-state index contributed by atoms with van der Waals surface area (Å²) in [5.74, 6) is -6.63. The summed E-state index contributed by atoms with van der Waals surface area (Å²) in [6.45, 7) is 1.83. The van der Waals surface area contributed by atoms with Gasteiger partial charge in [0.1, 0.15) is 0 Å². The predicted molar refractivity (Wildman–Crippen MR) is 64.8 cm³/mol. The van der Waals surface area contributed by atoms with Gasteiger partial charge in [-0.15, -0.1) is 0 Å². The van der Waals surface area contributed by atoms with E-state index < -0.39 is 34.9 Å². The summed E-state index contributed by atoms with van der Waals surface area (Å²) in [5.41, 5.74) is -0.609. The smallest absolute Gasteiger partial charge is 0.305 e. The molecule has 0 aliphatic heterocycles. The second-order valence-corrected chi connectivity index (χ2v) is 4.16. The Morgan fingerprint density at radius 2 is 1.80 bits per heavy atom. The highest BCUT2D eigenvalue weighted by atomic mass is 19.2. The lowest BCUT2D eigenvalue weighted by Gasteiger charge is -2.21.